The van der Waals surface area contributed by atoms with Crippen molar-refractivity contribution >= 4 is 21.6 Å². The SMILES string of the molecule is O=[N+]([O-])c1ccc(Br)cc1CNCCCCCO. The molecule has 0 spiro atoms. The Morgan fingerprint density at radius 3 is 2.78 bits per heavy atom. The number of nitrogens with zero attached hydrogens (tertiary/aromatic N) is 1. The third-order valence-electron chi connectivity index (χ3n) is 2.57. The highest BCUT2D eigenvalue weighted by atomic mass is 79.9. The Kier molecular flexibility index (Phi) is 6.85. The van der Waals surface area contributed by atoms with Gasteiger partial charge in [-0.3, -0.25) is 10.1 Å². The lowest BCUT2D eigenvalue weighted by atomic mass is 10.1. The predicted octanol–water partition coefficient (Wildman–Crippen LogP) is 2.61. The summed E-state index contributed by atoms with van der Waals surface area (Å²) in [7, 11) is 0. The summed E-state index contributed by atoms with van der Waals surface area (Å²) in [6.07, 6.45) is 2.73. The van der Waals surface area contributed by atoms with Gasteiger partial charge < -0.3 is 10.4 Å². The lowest BCUT2D eigenvalue weighted by Crippen LogP contribution is -2.15. The van der Waals surface area contributed by atoms with Gasteiger partial charge in [-0.1, -0.05) is 15.9 Å². The van der Waals surface area contributed by atoms with Gasteiger partial charge in [0.05, 0.1) is 4.92 Å². The number of nitro benzene ring substituents is 1. The first-order valence-electron chi connectivity index (χ1n) is 5.89. The molecule has 0 aliphatic heterocycles. The smallest absolute Gasteiger partial charge is 0.273 e. The van der Waals surface area contributed by atoms with Crippen molar-refractivity contribution < 1.29 is 10.0 Å². The molecule has 0 aromatic heterocycles. The normalized spacial score (nSPS) is 10.6. The van der Waals surface area contributed by atoms with E-state index in [1.165, 1.54) is 6.07 Å². The second kappa shape index (κ2) is 8.18. The zero-order valence-corrected chi connectivity index (χ0v) is 11.6. The van der Waals surface area contributed by atoms with Crippen LogP contribution in [-0.4, -0.2) is 23.2 Å². The highest BCUT2D eigenvalue weighted by Gasteiger charge is 2.12. The van der Waals surface area contributed by atoms with Gasteiger partial charge in [0.2, 0.25) is 0 Å². The van der Waals surface area contributed by atoms with Gasteiger partial charge in [0.1, 0.15) is 0 Å². The van der Waals surface area contributed by atoms with E-state index in [-0.39, 0.29) is 17.2 Å². The molecule has 0 bridgehead atoms. The molecule has 0 saturated heterocycles. The number of halogens is 1. The fourth-order valence-electron chi connectivity index (χ4n) is 1.64. The first-order chi connectivity index (χ1) is 8.65. The van der Waals surface area contributed by atoms with Crippen molar-refractivity contribution in [2.75, 3.05) is 13.2 Å². The van der Waals surface area contributed by atoms with Crippen molar-refractivity contribution in [3.63, 3.8) is 0 Å². The molecule has 100 valence electrons. The minimum atomic E-state index is -0.366. The lowest BCUT2D eigenvalue weighted by molar-refractivity contribution is -0.385. The van der Waals surface area contributed by atoms with Gasteiger partial charge in [0, 0.05) is 29.3 Å². The Morgan fingerprint density at radius 1 is 1.33 bits per heavy atom. The molecule has 1 rings (SSSR count). The number of unbranched alkanes of at least 4 members (excludes halogenated alkanes) is 2. The van der Waals surface area contributed by atoms with Crippen LogP contribution in [0, 0.1) is 10.1 Å². The Bertz CT molecular complexity index is 399. The molecule has 1 aromatic carbocycles. The maximum absolute atomic E-state index is 10.8. The molecule has 2 N–H and O–H groups in total. The molecule has 0 aliphatic rings. The number of hydrogen-bond acceptors (Lipinski definition) is 4. The molecule has 0 fully saturated rings. The Balaban J connectivity index is 2.45. The number of nitrogens with one attached hydrogen (secondary N) is 1. The van der Waals surface area contributed by atoms with Crippen LogP contribution in [0.3, 0.4) is 0 Å². The van der Waals surface area contributed by atoms with Gasteiger partial charge in [-0.15, -0.1) is 0 Å². The summed E-state index contributed by atoms with van der Waals surface area (Å²) in [5.41, 5.74) is 0.817. The van der Waals surface area contributed by atoms with E-state index < -0.39 is 0 Å². The van der Waals surface area contributed by atoms with E-state index in [0.29, 0.717) is 12.1 Å². The Hall–Kier alpha value is -0.980. The quantitative estimate of drug-likeness (QED) is 0.439. The van der Waals surface area contributed by atoms with E-state index in [2.05, 4.69) is 21.2 Å². The average Bonchev–Trinajstić information content (AvgIpc) is 2.33. The van der Waals surface area contributed by atoms with Gasteiger partial charge in [0.15, 0.2) is 0 Å². The molecule has 0 heterocycles. The van der Waals surface area contributed by atoms with Gasteiger partial charge in [-0.25, -0.2) is 0 Å². The van der Waals surface area contributed by atoms with Crippen LogP contribution in [0.15, 0.2) is 22.7 Å². The molecule has 6 heteroatoms. The van der Waals surface area contributed by atoms with E-state index in [0.717, 1.165) is 30.3 Å². The molecule has 0 aliphatic carbocycles. The molecule has 0 atom stereocenters. The monoisotopic (exact) mass is 316 g/mol. The molecular formula is C12H17BrN2O3. The maximum atomic E-state index is 10.8. The fourth-order valence-corrected chi connectivity index (χ4v) is 2.04. The van der Waals surface area contributed by atoms with Crippen molar-refractivity contribution in [1.29, 1.82) is 0 Å². The van der Waals surface area contributed by atoms with E-state index in [9.17, 15) is 10.1 Å². The van der Waals surface area contributed by atoms with Crippen LogP contribution in [0.25, 0.3) is 0 Å². The van der Waals surface area contributed by atoms with Gasteiger partial charge >= 0.3 is 0 Å². The average molecular weight is 317 g/mol. The van der Waals surface area contributed by atoms with Gasteiger partial charge in [0.25, 0.3) is 5.69 Å². The number of nitro groups is 1. The minimum Gasteiger partial charge on any atom is -0.396 e. The highest BCUT2D eigenvalue weighted by Crippen LogP contribution is 2.22. The zero-order valence-electron chi connectivity index (χ0n) is 10.1. The van der Waals surface area contributed by atoms with Crippen LogP contribution in [0.2, 0.25) is 0 Å². The summed E-state index contributed by atoms with van der Waals surface area (Å²) in [6, 6.07) is 4.94. The maximum Gasteiger partial charge on any atom is 0.273 e. The third-order valence-corrected chi connectivity index (χ3v) is 3.06. The van der Waals surface area contributed by atoms with Crippen LogP contribution in [0.1, 0.15) is 24.8 Å². The molecule has 0 radical (unpaired) electrons. The van der Waals surface area contributed by atoms with Crippen molar-refractivity contribution in [3.05, 3.63) is 38.3 Å². The predicted molar refractivity (Wildman–Crippen MR) is 73.4 cm³/mol. The zero-order chi connectivity index (χ0) is 13.4. The second-order valence-corrected chi connectivity index (χ2v) is 4.91. The number of hydrogen-bond donors (Lipinski definition) is 2. The van der Waals surface area contributed by atoms with Crippen LogP contribution in [-0.2, 0) is 6.54 Å². The van der Waals surface area contributed by atoms with Crippen LogP contribution >= 0.6 is 15.9 Å². The summed E-state index contributed by atoms with van der Waals surface area (Å²) >= 11 is 3.31. The minimum absolute atomic E-state index is 0.140. The van der Waals surface area contributed by atoms with Crippen LogP contribution in [0.5, 0.6) is 0 Å². The highest BCUT2D eigenvalue weighted by molar-refractivity contribution is 9.10. The first-order valence-corrected chi connectivity index (χ1v) is 6.69. The summed E-state index contributed by atoms with van der Waals surface area (Å²) < 4.78 is 0.838. The van der Waals surface area contributed by atoms with Gasteiger partial charge in [-0.05, 0) is 37.9 Å². The molecule has 0 unspecified atom stereocenters. The summed E-state index contributed by atoms with van der Waals surface area (Å²) in [5, 5.41) is 22.6. The van der Waals surface area contributed by atoms with E-state index in [1.807, 2.05) is 0 Å². The number of rotatable bonds is 8. The molecule has 0 amide bonds. The summed E-state index contributed by atoms with van der Waals surface area (Å²) in [5.74, 6) is 0. The van der Waals surface area contributed by atoms with Gasteiger partial charge in [-0.2, -0.15) is 0 Å². The van der Waals surface area contributed by atoms with Crippen molar-refractivity contribution in [1.82, 2.24) is 5.32 Å². The van der Waals surface area contributed by atoms with E-state index >= 15 is 0 Å². The molecule has 0 saturated carbocycles. The number of aliphatic hydroxyl groups is 1. The Labute approximate surface area is 114 Å². The fraction of sp³-hybridized carbons (Fsp3) is 0.500. The van der Waals surface area contributed by atoms with Crippen LogP contribution < -0.4 is 5.32 Å². The summed E-state index contributed by atoms with van der Waals surface area (Å²) in [6.45, 7) is 1.50. The first kappa shape index (κ1) is 15.1. The van der Waals surface area contributed by atoms with E-state index in [4.69, 9.17) is 5.11 Å². The van der Waals surface area contributed by atoms with Crippen molar-refractivity contribution in [2.24, 2.45) is 0 Å². The number of aliphatic hydroxyl groups excluding tert-OH is 1. The topological polar surface area (TPSA) is 75.4 Å². The standard InChI is InChI=1S/C12H17BrN2O3/c13-11-4-5-12(15(17)18)10(8-11)9-14-6-2-1-3-7-16/h4-5,8,14,16H,1-3,6-7,9H2. The van der Waals surface area contributed by atoms with Crippen LogP contribution in [0.4, 0.5) is 5.69 Å². The molecule has 18 heavy (non-hydrogen) atoms. The summed E-state index contributed by atoms with van der Waals surface area (Å²) in [4.78, 5) is 10.5. The Morgan fingerprint density at radius 2 is 2.11 bits per heavy atom. The lowest BCUT2D eigenvalue weighted by Gasteiger charge is -2.06. The largest absolute Gasteiger partial charge is 0.396 e. The van der Waals surface area contributed by atoms with Crippen molar-refractivity contribution in [3.8, 4) is 0 Å². The number of benzene rings is 1. The molecular weight excluding hydrogens is 300 g/mol. The van der Waals surface area contributed by atoms with E-state index in [1.54, 1.807) is 12.1 Å². The van der Waals surface area contributed by atoms with Crippen molar-refractivity contribution in [2.45, 2.75) is 25.8 Å². The molecule has 1 aromatic rings. The third kappa shape index (κ3) is 5.12. The second-order valence-electron chi connectivity index (χ2n) is 3.99. The molecule has 5 nitrogen and oxygen atoms in total.